The van der Waals surface area contributed by atoms with Crippen LogP contribution in [0.2, 0.25) is 0 Å². The summed E-state index contributed by atoms with van der Waals surface area (Å²) < 4.78 is 37.0. The van der Waals surface area contributed by atoms with Gasteiger partial charge in [-0.05, 0) is 25.5 Å². The number of hydrogen-bond donors (Lipinski definition) is 1. The highest BCUT2D eigenvalue weighted by Crippen LogP contribution is 2.21. The molecule has 2 fully saturated rings. The second-order valence-electron chi connectivity index (χ2n) is 5.73. The maximum absolute atomic E-state index is 12.3. The Labute approximate surface area is 127 Å². The largest absolute Gasteiger partial charge is 0.401 e. The first-order chi connectivity index (χ1) is 9.85. The molecule has 2 amide bonds. The molecule has 2 aliphatic rings. The minimum Gasteiger partial charge on any atom is -0.334 e. The van der Waals surface area contributed by atoms with Crippen LogP contribution in [0.1, 0.15) is 19.8 Å². The van der Waals surface area contributed by atoms with Crippen molar-refractivity contribution in [3.8, 4) is 0 Å². The van der Waals surface area contributed by atoms with Crippen LogP contribution in [0.4, 0.5) is 18.0 Å². The Morgan fingerprint density at radius 3 is 2.76 bits per heavy atom. The molecule has 122 valence electrons. The van der Waals surface area contributed by atoms with E-state index in [4.69, 9.17) is 0 Å². The molecule has 8 heteroatoms. The van der Waals surface area contributed by atoms with Crippen molar-refractivity contribution in [2.75, 3.05) is 37.7 Å². The number of likely N-dealkylation sites (tertiary alicyclic amines) is 1. The van der Waals surface area contributed by atoms with Crippen molar-refractivity contribution < 1.29 is 18.0 Å². The summed E-state index contributed by atoms with van der Waals surface area (Å²) in [4.78, 5) is 15.4. The predicted molar refractivity (Wildman–Crippen MR) is 77.5 cm³/mol. The summed E-state index contributed by atoms with van der Waals surface area (Å²) in [5.41, 5.74) is 0. The van der Waals surface area contributed by atoms with E-state index >= 15 is 0 Å². The molecule has 1 N–H and O–H groups in total. The normalized spacial score (nSPS) is 28.5. The number of thioether (sulfide) groups is 1. The highest BCUT2D eigenvalue weighted by atomic mass is 32.2. The smallest absolute Gasteiger partial charge is 0.334 e. The first-order valence-electron chi connectivity index (χ1n) is 7.29. The summed E-state index contributed by atoms with van der Waals surface area (Å²) in [5, 5.41) is 2.89. The monoisotopic (exact) mass is 325 g/mol. The van der Waals surface area contributed by atoms with Crippen molar-refractivity contribution in [3.05, 3.63) is 0 Å². The number of halogens is 3. The fourth-order valence-corrected chi connectivity index (χ4v) is 3.84. The molecular weight excluding hydrogens is 303 g/mol. The van der Waals surface area contributed by atoms with Crippen molar-refractivity contribution >= 4 is 17.8 Å². The Morgan fingerprint density at radius 2 is 2.05 bits per heavy atom. The van der Waals surface area contributed by atoms with Crippen LogP contribution in [0, 0.1) is 0 Å². The van der Waals surface area contributed by atoms with Gasteiger partial charge in [0.05, 0.1) is 6.54 Å². The van der Waals surface area contributed by atoms with Gasteiger partial charge < -0.3 is 10.2 Å². The third kappa shape index (κ3) is 5.25. The van der Waals surface area contributed by atoms with Crippen LogP contribution >= 0.6 is 11.8 Å². The average molecular weight is 325 g/mol. The summed E-state index contributed by atoms with van der Waals surface area (Å²) in [5.74, 6) is 1.97. The van der Waals surface area contributed by atoms with Gasteiger partial charge in [0, 0.05) is 37.5 Å². The SMILES string of the molecule is CC1CCSCCN1C(=O)NC1CCN(CC(F)(F)F)C1. The highest BCUT2D eigenvalue weighted by molar-refractivity contribution is 7.99. The zero-order chi connectivity index (χ0) is 15.5. The Kier molecular flexibility index (Phi) is 5.65. The van der Waals surface area contributed by atoms with Crippen LogP contribution in [0.15, 0.2) is 0 Å². The third-order valence-electron chi connectivity index (χ3n) is 3.95. The molecule has 0 aromatic rings. The van der Waals surface area contributed by atoms with Gasteiger partial charge >= 0.3 is 12.2 Å². The van der Waals surface area contributed by atoms with E-state index in [0.29, 0.717) is 19.5 Å². The molecule has 0 aromatic heterocycles. The molecule has 0 saturated carbocycles. The number of nitrogens with one attached hydrogen (secondary N) is 1. The lowest BCUT2D eigenvalue weighted by molar-refractivity contribution is -0.143. The lowest BCUT2D eigenvalue weighted by Crippen LogP contribution is -2.49. The summed E-state index contributed by atoms with van der Waals surface area (Å²) in [6, 6.07) is -0.125. The van der Waals surface area contributed by atoms with Gasteiger partial charge in [-0.25, -0.2) is 4.79 Å². The average Bonchev–Trinajstić information content (AvgIpc) is 2.66. The first kappa shape index (κ1) is 16.7. The van der Waals surface area contributed by atoms with Gasteiger partial charge in [-0.15, -0.1) is 0 Å². The van der Waals surface area contributed by atoms with Crippen molar-refractivity contribution in [2.24, 2.45) is 0 Å². The molecule has 0 aromatic carbocycles. The van der Waals surface area contributed by atoms with Crippen LogP contribution in [0.25, 0.3) is 0 Å². The molecule has 2 aliphatic heterocycles. The Balaban J connectivity index is 1.80. The van der Waals surface area contributed by atoms with Gasteiger partial charge in [-0.3, -0.25) is 4.90 Å². The minimum atomic E-state index is -4.17. The maximum Gasteiger partial charge on any atom is 0.401 e. The van der Waals surface area contributed by atoms with Crippen LogP contribution in [-0.2, 0) is 0 Å². The number of alkyl halides is 3. The predicted octanol–water partition coefficient (Wildman–Crippen LogP) is 2.16. The van der Waals surface area contributed by atoms with E-state index in [2.05, 4.69) is 5.32 Å². The number of nitrogens with zero attached hydrogens (tertiary/aromatic N) is 2. The van der Waals surface area contributed by atoms with Crippen LogP contribution < -0.4 is 5.32 Å². The third-order valence-corrected chi connectivity index (χ3v) is 4.95. The van der Waals surface area contributed by atoms with Crippen molar-refractivity contribution in [1.29, 1.82) is 0 Å². The van der Waals surface area contributed by atoms with Crippen LogP contribution in [0.3, 0.4) is 0 Å². The molecule has 2 heterocycles. The van der Waals surface area contributed by atoms with E-state index < -0.39 is 12.7 Å². The zero-order valence-corrected chi connectivity index (χ0v) is 13.0. The molecule has 0 radical (unpaired) electrons. The topological polar surface area (TPSA) is 35.6 Å². The lowest BCUT2D eigenvalue weighted by atomic mass is 10.2. The minimum absolute atomic E-state index is 0.135. The number of urea groups is 1. The van der Waals surface area contributed by atoms with E-state index in [1.54, 1.807) is 0 Å². The van der Waals surface area contributed by atoms with E-state index in [0.717, 1.165) is 17.9 Å². The standard InChI is InChI=1S/C13H22F3N3OS/c1-10-3-6-21-7-5-19(10)12(20)17-11-2-4-18(8-11)9-13(14,15)16/h10-11H,2-9H2,1H3,(H,17,20). The molecule has 0 bridgehead atoms. The molecule has 21 heavy (non-hydrogen) atoms. The molecule has 2 rings (SSSR count). The number of carbonyl (C=O) groups is 1. The summed E-state index contributed by atoms with van der Waals surface area (Å²) in [7, 11) is 0. The van der Waals surface area contributed by atoms with Crippen LogP contribution in [0.5, 0.6) is 0 Å². The molecule has 2 atom stereocenters. The summed E-state index contributed by atoms with van der Waals surface area (Å²) in [6.45, 7) is 2.50. The molecular formula is C13H22F3N3OS. The maximum atomic E-state index is 12.3. The van der Waals surface area contributed by atoms with E-state index in [9.17, 15) is 18.0 Å². The van der Waals surface area contributed by atoms with Gasteiger partial charge in [-0.2, -0.15) is 24.9 Å². The molecule has 0 aliphatic carbocycles. The van der Waals surface area contributed by atoms with Crippen molar-refractivity contribution in [2.45, 2.75) is 38.0 Å². The second kappa shape index (κ2) is 7.09. The fourth-order valence-electron chi connectivity index (χ4n) is 2.80. The quantitative estimate of drug-likeness (QED) is 0.845. The van der Waals surface area contributed by atoms with Gasteiger partial charge in [-0.1, -0.05) is 0 Å². The van der Waals surface area contributed by atoms with Gasteiger partial charge in [0.15, 0.2) is 0 Å². The second-order valence-corrected chi connectivity index (χ2v) is 6.95. The van der Waals surface area contributed by atoms with Gasteiger partial charge in [0.1, 0.15) is 0 Å². The van der Waals surface area contributed by atoms with Crippen molar-refractivity contribution in [1.82, 2.24) is 15.1 Å². The number of hydrogen-bond acceptors (Lipinski definition) is 3. The summed E-state index contributed by atoms with van der Waals surface area (Å²) >= 11 is 1.84. The number of amides is 2. The fraction of sp³-hybridized carbons (Fsp3) is 0.923. The Morgan fingerprint density at radius 1 is 1.29 bits per heavy atom. The first-order valence-corrected chi connectivity index (χ1v) is 8.44. The van der Waals surface area contributed by atoms with E-state index in [1.165, 1.54) is 4.90 Å². The number of carbonyl (C=O) groups excluding carboxylic acids is 1. The van der Waals surface area contributed by atoms with Crippen molar-refractivity contribution in [3.63, 3.8) is 0 Å². The lowest BCUT2D eigenvalue weighted by Gasteiger charge is -2.28. The van der Waals surface area contributed by atoms with Crippen LogP contribution in [-0.4, -0.2) is 71.8 Å². The Hall–Kier alpha value is -0.630. The highest BCUT2D eigenvalue weighted by Gasteiger charge is 2.35. The zero-order valence-electron chi connectivity index (χ0n) is 12.2. The van der Waals surface area contributed by atoms with Gasteiger partial charge in [0.25, 0.3) is 0 Å². The summed E-state index contributed by atoms with van der Waals surface area (Å²) in [6.07, 6.45) is -2.63. The molecule has 2 unspecified atom stereocenters. The molecule has 4 nitrogen and oxygen atoms in total. The van der Waals surface area contributed by atoms with E-state index in [-0.39, 0.29) is 24.7 Å². The number of rotatable bonds is 2. The molecule has 2 saturated heterocycles. The Bertz CT molecular complexity index is 367. The molecule has 0 spiro atoms. The van der Waals surface area contributed by atoms with Gasteiger partial charge in [0.2, 0.25) is 0 Å². The van der Waals surface area contributed by atoms with E-state index in [1.807, 2.05) is 23.6 Å².